The minimum atomic E-state index is -1.05. The standard InChI is InChI=1S/C15H18F2N2O2/c16-12-5-11(14(18)6-13(12)17)15(20)19(10-1-2-10)7-9-3-4-21-8-9/h5-6,9-10H,1-4,7-8,18H2. The summed E-state index contributed by atoms with van der Waals surface area (Å²) in [6, 6.07) is 1.95. The Balaban J connectivity index is 1.82. The molecule has 21 heavy (non-hydrogen) atoms. The summed E-state index contributed by atoms with van der Waals surface area (Å²) >= 11 is 0. The van der Waals surface area contributed by atoms with Crippen LogP contribution in [0, 0.1) is 17.6 Å². The van der Waals surface area contributed by atoms with E-state index in [1.165, 1.54) is 0 Å². The lowest BCUT2D eigenvalue weighted by molar-refractivity contribution is 0.0706. The molecule has 1 aliphatic carbocycles. The van der Waals surface area contributed by atoms with Gasteiger partial charge in [0.2, 0.25) is 0 Å². The molecule has 2 N–H and O–H groups in total. The van der Waals surface area contributed by atoms with Gasteiger partial charge in [-0.15, -0.1) is 0 Å². The Morgan fingerprint density at radius 3 is 2.62 bits per heavy atom. The maximum atomic E-state index is 13.4. The fourth-order valence-corrected chi connectivity index (χ4v) is 2.69. The van der Waals surface area contributed by atoms with Gasteiger partial charge in [-0.05, 0) is 25.3 Å². The predicted molar refractivity (Wildman–Crippen MR) is 73.8 cm³/mol. The maximum absolute atomic E-state index is 13.4. The van der Waals surface area contributed by atoms with Crippen LogP contribution in [0.1, 0.15) is 29.6 Å². The molecule has 114 valence electrons. The number of benzene rings is 1. The van der Waals surface area contributed by atoms with Gasteiger partial charge in [0.1, 0.15) is 0 Å². The molecule has 2 aliphatic rings. The van der Waals surface area contributed by atoms with Gasteiger partial charge >= 0.3 is 0 Å². The van der Waals surface area contributed by atoms with Crippen molar-refractivity contribution in [1.29, 1.82) is 0 Å². The van der Waals surface area contributed by atoms with Crippen molar-refractivity contribution >= 4 is 11.6 Å². The summed E-state index contributed by atoms with van der Waals surface area (Å²) in [6.45, 7) is 1.94. The van der Waals surface area contributed by atoms with Crippen molar-refractivity contribution < 1.29 is 18.3 Å². The number of carbonyl (C=O) groups is 1. The van der Waals surface area contributed by atoms with Gasteiger partial charge < -0.3 is 15.4 Å². The predicted octanol–water partition coefficient (Wildman–Crippen LogP) is 2.19. The highest BCUT2D eigenvalue weighted by molar-refractivity contribution is 5.99. The summed E-state index contributed by atoms with van der Waals surface area (Å²) in [4.78, 5) is 14.4. The van der Waals surface area contributed by atoms with Crippen LogP contribution in [0.4, 0.5) is 14.5 Å². The van der Waals surface area contributed by atoms with Crippen LogP contribution in [-0.2, 0) is 4.74 Å². The first kappa shape index (κ1) is 14.3. The van der Waals surface area contributed by atoms with Crippen molar-refractivity contribution in [3.05, 3.63) is 29.3 Å². The summed E-state index contributed by atoms with van der Waals surface area (Å²) in [6.07, 6.45) is 2.82. The molecular formula is C15H18F2N2O2. The van der Waals surface area contributed by atoms with Crippen LogP contribution in [0.2, 0.25) is 0 Å². The summed E-state index contributed by atoms with van der Waals surface area (Å²) in [7, 11) is 0. The van der Waals surface area contributed by atoms with Crippen LogP contribution in [0.3, 0.4) is 0 Å². The zero-order valence-electron chi connectivity index (χ0n) is 11.6. The van der Waals surface area contributed by atoms with Gasteiger partial charge in [-0.1, -0.05) is 0 Å². The highest BCUT2D eigenvalue weighted by Gasteiger charge is 2.36. The summed E-state index contributed by atoms with van der Waals surface area (Å²) in [5.74, 6) is -2.10. The van der Waals surface area contributed by atoms with E-state index in [0.717, 1.165) is 31.4 Å². The highest BCUT2D eigenvalue weighted by atomic mass is 19.2. The number of nitrogen functional groups attached to an aromatic ring is 1. The number of carbonyl (C=O) groups excluding carboxylic acids is 1. The number of hydrogen-bond donors (Lipinski definition) is 1. The third-order valence-electron chi connectivity index (χ3n) is 4.05. The van der Waals surface area contributed by atoms with Crippen molar-refractivity contribution in [2.45, 2.75) is 25.3 Å². The smallest absolute Gasteiger partial charge is 0.256 e. The molecule has 0 radical (unpaired) electrons. The lowest BCUT2D eigenvalue weighted by Crippen LogP contribution is -2.37. The van der Waals surface area contributed by atoms with Crippen molar-refractivity contribution in [3.8, 4) is 0 Å². The molecule has 0 spiro atoms. The Labute approximate surface area is 121 Å². The molecule has 1 amide bonds. The molecule has 1 heterocycles. The Bertz CT molecular complexity index is 555. The van der Waals surface area contributed by atoms with E-state index in [1.807, 2.05) is 0 Å². The Morgan fingerprint density at radius 2 is 2.00 bits per heavy atom. The number of amides is 1. The minimum absolute atomic E-state index is 0.0211. The molecule has 1 unspecified atom stereocenters. The first-order valence-electron chi connectivity index (χ1n) is 7.19. The number of anilines is 1. The van der Waals surface area contributed by atoms with Gasteiger partial charge in [0.05, 0.1) is 12.2 Å². The molecule has 1 saturated carbocycles. The number of ether oxygens (including phenoxy) is 1. The van der Waals surface area contributed by atoms with E-state index in [2.05, 4.69) is 0 Å². The van der Waals surface area contributed by atoms with Crippen molar-refractivity contribution in [3.63, 3.8) is 0 Å². The molecule has 0 bridgehead atoms. The van der Waals surface area contributed by atoms with E-state index in [4.69, 9.17) is 10.5 Å². The fourth-order valence-electron chi connectivity index (χ4n) is 2.69. The quantitative estimate of drug-likeness (QED) is 0.867. The van der Waals surface area contributed by atoms with Crippen LogP contribution < -0.4 is 5.73 Å². The molecule has 2 fully saturated rings. The second-order valence-electron chi connectivity index (χ2n) is 5.77. The molecule has 1 saturated heterocycles. The van der Waals surface area contributed by atoms with Gasteiger partial charge in [0.15, 0.2) is 11.6 Å². The number of hydrogen-bond acceptors (Lipinski definition) is 3. The van der Waals surface area contributed by atoms with Gasteiger partial charge in [-0.2, -0.15) is 0 Å². The third-order valence-corrected chi connectivity index (χ3v) is 4.05. The second-order valence-corrected chi connectivity index (χ2v) is 5.77. The average molecular weight is 296 g/mol. The van der Waals surface area contributed by atoms with Gasteiger partial charge in [0.25, 0.3) is 5.91 Å². The van der Waals surface area contributed by atoms with Gasteiger partial charge in [0, 0.05) is 36.9 Å². The molecule has 6 heteroatoms. The van der Waals surface area contributed by atoms with E-state index in [0.29, 0.717) is 25.7 Å². The number of halogens is 2. The normalized spacial score (nSPS) is 21.5. The average Bonchev–Trinajstić information content (AvgIpc) is 3.16. The second kappa shape index (κ2) is 5.60. The molecule has 0 aromatic heterocycles. The van der Waals surface area contributed by atoms with Crippen LogP contribution >= 0.6 is 0 Å². The van der Waals surface area contributed by atoms with Crippen molar-refractivity contribution in [2.75, 3.05) is 25.5 Å². The number of rotatable bonds is 4. The summed E-state index contributed by atoms with van der Waals surface area (Å²) in [5, 5.41) is 0. The lowest BCUT2D eigenvalue weighted by Gasteiger charge is -2.25. The summed E-state index contributed by atoms with van der Waals surface area (Å²) < 4.78 is 31.8. The van der Waals surface area contributed by atoms with Crippen molar-refractivity contribution in [2.24, 2.45) is 5.92 Å². The number of nitrogens with two attached hydrogens (primary N) is 1. The van der Waals surface area contributed by atoms with Crippen LogP contribution in [0.5, 0.6) is 0 Å². The SMILES string of the molecule is Nc1cc(F)c(F)cc1C(=O)N(CC1CCOC1)C1CC1. The van der Waals surface area contributed by atoms with E-state index in [9.17, 15) is 13.6 Å². The third kappa shape index (κ3) is 3.00. The minimum Gasteiger partial charge on any atom is -0.398 e. The van der Waals surface area contributed by atoms with E-state index in [-0.39, 0.29) is 23.2 Å². The monoisotopic (exact) mass is 296 g/mol. The van der Waals surface area contributed by atoms with E-state index < -0.39 is 11.6 Å². The first-order valence-corrected chi connectivity index (χ1v) is 7.19. The molecule has 1 aliphatic heterocycles. The van der Waals surface area contributed by atoms with Gasteiger partial charge in [-0.3, -0.25) is 4.79 Å². The topological polar surface area (TPSA) is 55.6 Å². The van der Waals surface area contributed by atoms with E-state index >= 15 is 0 Å². The molecule has 4 nitrogen and oxygen atoms in total. The van der Waals surface area contributed by atoms with Gasteiger partial charge in [-0.25, -0.2) is 8.78 Å². The summed E-state index contributed by atoms with van der Waals surface area (Å²) in [5.41, 5.74) is 5.70. The first-order chi connectivity index (χ1) is 10.1. The Hall–Kier alpha value is -1.69. The highest BCUT2D eigenvalue weighted by Crippen LogP contribution is 2.31. The Morgan fingerprint density at radius 1 is 1.29 bits per heavy atom. The molecule has 1 atom stereocenters. The fraction of sp³-hybridized carbons (Fsp3) is 0.533. The van der Waals surface area contributed by atoms with Crippen LogP contribution in [0.15, 0.2) is 12.1 Å². The van der Waals surface area contributed by atoms with Crippen molar-refractivity contribution in [1.82, 2.24) is 4.90 Å². The van der Waals surface area contributed by atoms with E-state index in [1.54, 1.807) is 4.90 Å². The van der Waals surface area contributed by atoms with Crippen LogP contribution in [0.25, 0.3) is 0 Å². The molecule has 3 rings (SSSR count). The Kier molecular flexibility index (Phi) is 3.80. The lowest BCUT2D eigenvalue weighted by atomic mass is 10.1. The molecular weight excluding hydrogens is 278 g/mol. The zero-order valence-corrected chi connectivity index (χ0v) is 11.6. The zero-order chi connectivity index (χ0) is 15.0. The largest absolute Gasteiger partial charge is 0.398 e. The maximum Gasteiger partial charge on any atom is 0.256 e. The number of nitrogens with zero attached hydrogens (tertiary/aromatic N) is 1. The van der Waals surface area contributed by atoms with Crippen LogP contribution in [-0.4, -0.2) is 36.6 Å². The molecule has 1 aromatic carbocycles. The molecule has 1 aromatic rings.